The number of unbranched alkanes of at least 4 members (excludes halogenated alkanes) is 6. The van der Waals surface area contributed by atoms with E-state index in [9.17, 15) is 14.0 Å². The lowest BCUT2D eigenvalue weighted by Crippen LogP contribution is -2.39. The average Bonchev–Trinajstić information content (AvgIpc) is 2.57. The van der Waals surface area contributed by atoms with Crippen molar-refractivity contribution in [1.82, 2.24) is 5.32 Å². The lowest BCUT2D eigenvalue weighted by molar-refractivity contribution is -0.145. The molecule has 0 aromatic heterocycles. The number of rotatable bonds is 11. The molecule has 0 aliphatic heterocycles. The van der Waals surface area contributed by atoms with Crippen LogP contribution in [0.4, 0.5) is 4.39 Å². The Labute approximate surface area is 143 Å². The molecule has 0 aliphatic carbocycles. The molecule has 0 spiro atoms. The molecule has 134 valence electrons. The van der Waals surface area contributed by atoms with E-state index in [-0.39, 0.29) is 0 Å². The number of carbonyl (C=O) groups excluding carboxylic acids is 2. The Morgan fingerprint density at radius 1 is 1.04 bits per heavy atom. The van der Waals surface area contributed by atoms with Gasteiger partial charge in [-0.2, -0.15) is 0 Å². The van der Waals surface area contributed by atoms with E-state index in [1.807, 2.05) is 0 Å². The Morgan fingerprint density at radius 3 is 2.25 bits per heavy atom. The first-order valence-corrected chi connectivity index (χ1v) is 8.77. The van der Waals surface area contributed by atoms with Crippen LogP contribution in [0, 0.1) is 5.82 Å². The number of ether oxygens (including phenoxy) is 1. The molecule has 1 amide bonds. The Morgan fingerprint density at radius 2 is 1.62 bits per heavy atom. The van der Waals surface area contributed by atoms with Crippen molar-refractivity contribution >= 4 is 11.9 Å². The van der Waals surface area contributed by atoms with Crippen LogP contribution in [0.15, 0.2) is 24.3 Å². The van der Waals surface area contributed by atoms with E-state index < -0.39 is 23.7 Å². The monoisotopic (exact) mass is 337 g/mol. The molecule has 5 heteroatoms. The zero-order chi connectivity index (χ0) is 17.8. The molecule has 1 atom stereocenters. The van der Waals surface area contributed by atoms with Crippen molar-refractivity contribution in [3.05, 3.63) is 35.6 Å². The summed E-state index contributed by atoms with van der Waals surface area (Å²) in [5.74, 6) is -1.28. The van der Waals surface area contributed by atoms with Gasteiger partial charge < -0.3 is 10.1 Å². The molecule has 0 saturated heterocycles. The molecule has 24 heavy (non-hydrogen) atoms. The summed E-state index contributed by atoms with van der Waals surface area (Å²) in [4.78, 5) is 23.8. The maximum atomic E-state index is 12.8. The molecular weight excluding hydrogens is 309 g/mol. The van der Waals surface area contributed by atoms with Crippen molar-refractivity contribution in [3.8, 4) is 0 Å². The van der Waals surface area contributed by atoms with Crippen LogP contribution in [0.25, 0.3) is 0 Å². The zero-order valence-corrected chi connectivity index (χ0v) is 14.6. The number of hydrogen-bond acceptors (Lipinski definition) is 3. The Balaban J connectivity index is 2.18. The molecule has 0 radical (unpaired) electrons. The van der Waals surface area contributed by atoms with Crippen LogP contribution in [0.2, 0.25) is 0 Å². The van der Waals surface area contributed by atoms with Gasteiger partial charge in [0, 0.05) is 5.56 Å². The summed E-state index contributed by atoms with van der Waals surface area (Å²) in [6.07, 6.45) is 8.06. The minimum absolute atomic E-state index is 0.308. The van der Waals surface area contributed by atoms with E-state index in [0.717, 1.165) is 19.3 Å². The molecule has 0 fully saturated rings. The molecule has 1 rings (SSSR count). The third kappa shape index (κ3) is 8.09. The van der Waals surface area contributed by atoms with Gasteiger partial charge in [-0.3, -0.25) is 4.79 Å². The number of nitrogens with one attached hydrogen (secondary N) is 1. The Kier molecular flexibility index (Phi) is 9.73. The fourth-order valence-corrected chi connectivity index (χ4v) is 2.30. The van der Waals surface area contributed by atoms with Gasteiger partial charge in [-0.05, 0) is 37.6 Å². The first kappa shape index (κ1) is 20.1. The van der Waals surface area contributed by atoms with Crippen LogP contribution in [-0.4, -0.2) is 24.5 Å². The van der Waals surface area contributed by atoms with Gasteiger partial charge in [0.2, 0.25) is 0 Å². The minimum atomic E-state index is -0.730. The SMILES string of the molecule is CCCCCCCCCOC(=O)[C@H](C)NC(=O)c1ccc(F)cc1. The highest BCUT2D eigenvalue weighted by Gasteiger charge is 2.17. The average molecular weight is 337 g/mol. The molecule has 0 bridgehead atoms. The van der Waals surface area contributed by atoms with Gasteiger partial charge in [0.05, 0.1) is 6.61 Å². The molecule has 1 aromatic rings. The third-order valence-corrected chi connectivity index (χ3v) is 3.80. The third-order valence-electron chi connectivity index (χ3n) is 3.80. The summed E-state index contributed by atoms with van der Waals surface area (Å²) >= 11 is 0. The van der Waals surface area contributed by atoms with E-state index in [4.69, 9.17) is 4.74 Å². The Bertz CT molecular complexity index is 502. The highest BCUT2D eigenvalue weighted by Crippen LogP contribution is 2.07. The van der Waals surface area contributed by atoms with Crippen molar-refractivity contribution in [1.29, 1.82) is 0 Å². The highest BCUT2D eigenvalue weighted by atomic mass is 19.1. The molecule has 0 saturated carbocycles. The van der Waals surface area contributed by atoms with Gasteiger partial charge in [0.25, 0.3) is 5.91 Å². The number of halogens is 1. The van der Waals surface area contributed by atoms with Crippen LogP contribution >= 0.6 is 0 Å². The van der Waals surface area contributed by atoms with Crippen LogP contribution in [0.1, 0.15) is 69.2 Å². The van der Waals surface area contributed by atoms with Crippen molar-refractivity contribution in [2.45, 2.75) is 64.8 Å². The van der Waals surface area contributed by atoms with Crippen LogP contribution in [-0.2, 0) is 9.53 Å². The zero-order valence-electron chi connectivity index (χ0n) is 14.6. The van der Waals surface area contributed by atoms with Crippen LogP contribution in [0.3, 0.4) is 0 Å². The number of hydrogen-bond donors (Lipinski definition) is 1. The van der Waals surface area contributed by atoms with Gasteiger partial charge in [-0.15, -0.1) is 0 Å². The number of benzene rings is 1. The fourth-order valence-electron chi connectivity index (χ4n) is 2.30. The van der Waals surface area contributed by atoms with E-state index >= 15 is 0 Å². The topological polar surface area (TPSA) is 55.4 Å². The van der Waals surface area contributed by atoms with Crippen LogP contribution < -0.4 is 5.32 Å². The van der Waals surface area contributed by atoms with Gasteiger partial charge in [-0.1, -0.05) is 45.4 Å². The van der Waals surface area contributed by atoms with Crippen molar-refractivity contribution < 1.29 is 18.7 Å². The van der Waals surface area contributed by atoms with Gasteiger partial charge in [0.15, 0.2) is 0 Å². The van der Waals surface area contributed by atoms with Crippen LogP contribution in [0.5, 0.6) is 0 Å². The summed E-state index contributed by atoms with van der Waals surface area (Å²) in [5.41, 5.74) is 0.308. The van der Waals surface area contributed by atoms with E-state index in [1.54, 1.807) is 6.92 Å². The number of carbonyl (C=O) groups is 2. The van der Waals surface area contributed by atoms with Crippen molar-refractivity contribution in [2.75, 3.05) is 6.61 Å². The molecule has 1 N–H and O–H groups in total. The smallest absolute Gasteiger partial charge is 0.328 e. The van der Waals surface area contributed by atoms with Gasteiger partial charge in [-0.25, -0.2) is 9.18 Å². The number of amides is 1. The lowest BCUT2D eigenvalue weighted by atomic mass is 10.1. The maximum Gasteiger partial charge on any atom is 0.328 e. The molecule has 0 heterocycles. The second-order valence-corrected chi connectivity index (χ2v) is 5.99. The molecular formula is C19H28FNO3. The standard InChI is InChI=1S/C19H28FNO3/c1-3-4-5-6-7-8-9-14-24-19(23)15(2)21-18(22)16-10-12-17(20)13-11-16/h10-13,15H,3-9,14H2,1-2H3,(H,21,22)/t15-/m0/s1. The molecule has 0 unspecified atom stereocenters. The maximum absolute atomic E-state index is 12.8. The second-order valence-electron chi connectivity index (χ2n) is 5.99. The summed E-state index contributed by atoms with van der Waals surface area (Å²) in [6.45, 7) is 4.15. The first-order valence-electron chi connectivity index (χ1n) is 8.77. The normalized spacial score (nSPS) is 11.8. The highest BCUT2D eigenvalue weighted by molar-refractivity contribution is 5.96. The van der Waals surface area contributed by atoms with Crippen molar-refractivity contribution in [3.63, 3.8) is 0 Å². The summed E-state index contributed by atoms with van der Waals surface area (Å²) < 4.78 is 18.0. The van der Waals surface area contributed by atoms with Crippen molar-refractivity contribution in [2.24, 2.45) is 0 Å². The quantitative estimate of drug-likeness (QED) is 0.485. The fraction of sp³-hybridized carbons (Fsp3) is 0.579. The van der Waals surface area contributed by atoms with E-state index in [1.165, 1.54) is 49.9 Å². The summed E-state index contributed by atoms with van der Waals surface area (Å²) in [6, 6.07) is 4.44. The molecule has 4 nitrogen and oxygen atoms in total. The summed E-state index contributed by atoms with van der Waals surface area (Å²) in [5, 5.41) is 2.55. The number of esters is 1. The molecule has 0 aliphatic rings. The molecule has 1 aromatic carbocycles. The Hall–Kier alpha value is -1.91. The summed E-state index contributed by atoms with van der Waals surface area (Å²) in [7, 11) is 0. The lowest BCUT2D eigenvalue weighted by Gasteiger charge is -2.13. The predicted octanol–water partition coefficient (Wildman–Crippen LogP) is 4.24. The first-order chi connectivity index (χ1) is 11.5. The minimum Gasteiger partial charge on any atom is -0.464 e. The second kappa shape index (κ2) is 11.6. The van der Waals surface area contributed by atoms with Gasteiger partial charge >= 0.3 is 5.97 Å². The largest absolute Gasteiger partial charge is 0.464 e. The van der Waals surface area contributed by atoms with E-state index in [0.29, 0.717) is 12.2 Å². The van der Waals surface area contributed by atoms with E-state index in [2.05, 4.69) is 12.2 Å². The predicted molar refractivity (Wildman–Crippen MR) is 92.3 cm³/mol. The van der Waals surface area contributed by atoms with Gasteiger partial charge in [0.1, 0.15) is 11.9 Å².